The Bertz CT molecular complexity index is 676. The highest BCUT2D eigenvalue weighted by Crippen LogP contribution is 2.28. The largest absolute Gasteiger partial charge is 0.497 e. The normalized spacial score (nSPS) is 10.3. The van der Waals surface area contributed by atoms with Crippen LogP contribution in [0, 0.1) is 17.5 Å². The van der Waals surface area contributed by atoms with Gasteiger partial charge < -0.3 is 9.47 Å². The van der Waals surface area contributed by atoms with Crippen LogP contribution in [-0.2, 0) is 0 Å². The molecule has 0 atom stereocenters. The van der Waals surface area contributed by atoms with Gasteiger partial charge in [-0.1, -0.05) is 0 Å². The number of benzene rings is 2. The van der Waals surface area contributed by atoms with E-state index in [-0.39, 0.29) is 11.3 Å². The highest BCUT2D eigenvalue weighted by molar-refractivity contribution is 6.11. The van der Waals surface area contributed by atoms with E-state index in [0.29, 0.717) is 17.9 Å². The van der Waals surface area contributed by atoms with Gasteiger partial charge in [0.1, 0.15) is 29.0 Å². The number of ether oxygens (including phenoxy) is 2. The maximum atomic E-state index is 13.7. The van der Waals surface area contributed by atoms with Crippen LogP contribution in [0.3, 0.4) is 0 Å². The molecule has 2 rings (SSSR count). The number of ketones is 1. The predicted octanol–water partition coefficient (Wildman–Crippen LogP) is 3.35. The predicted molar refractivity (Wildman–Crippen MR) is 69.3 cm³/mol. The van der Waals surface area contributed by atoms with Gasteiger partial charge in [0.15, 0.2) is 0 Å². The molecule has 6 heteroatoms. The quantitative estimate of drug-likeness (QED) is 0.812. The fraction of sp³-hybridized carbons (Fsp3) is 0.133. The summed E-state index contributed by atoms with van der Waals surface area (Å²) in [6.45, 7) is 0. The molecular formula is C15H11F3O3. The molecule has 0 aliphatic carbocycles. The zero-order valence-electron chi connectivity index (χ0n) is 11.2. The molecule has 0 spiro atoms. The highest BCUT2D eigenvalue weighted by Gasteiger charge is 2.23. The summed E-state index contributed by atoms with van der Waals surface area (Å²) in [5.41, 5.74) is -0.927. The Morgan fingerprint density at radius 3 is 2.10 bits per heavy atom. The van der Waals surface area contributed by atoms with Gasteiger partial charge in [0.05, 0.1) is 25.3 Å². The highest BCUT2D eigenvalue weighted by atomic mass is 19.1. The van der Waals surface area contributed by atoms with Gasteiger partial charge in [-0.25, -0.2) is 13.2 Å². The van der Waals surface area contributed by atoms with Crippen molar-refractivity contribution in [3.05, 3.63) is 58.9 Å². The average Bonchev–Trinajstić information content (AvgIpc) is 2.45. The minimum Gasteiger partial charge on any atom is -0.497 e. The lowest BCUT2D eigenvalue weighted by atomic mass is 10.0. The van der Waals surface area contributed by atoms with Crippen molar-refractivity contribution in [2.75, 3.05) is 14.2 Å². The topological polar surface area (TPSA) is 35.5 Å². The zero-order valence-corrected chi connectivity index (χ0v) is 11.2. The third-order valence-electron chi connectivity index (χ3n) is 2.89. The van der Waals surface area contributed by atoms with Gasteiger partial charge in [-0.05, 0) is 18.2 Å². The van der Waals surface area contributed by atoms with Crippen molar-refractivity contribution in [1.82, 2.24) is 0 Å². The van der Waals surface area contributed by atoms with Crippen LogP contribution < -0.4 is 9.47 Å². The van der Waals surface area contributed by atoms with Crippen LogP contribution in [0.2, 0.25) is 0 Å². The smallest absolute Gasteiger partial charge is 0.202 e. The molecule has 0 heterocycles. The van der Waals surface area contributed by atoms with Gasteiger partial charge in [0.25, 0.3) is 0 Å². The molecule has 0 aliphatic rings. The monoisotopic (exact) mass is 296 g/mol. The lowest BCUT2D eigenvalue weighted by molar-refractivity contribution is 0.102. The Morgan fingerprint density at radius 2 is 1.57 bits per heavy atom. The summed E-state index contributed by atoms with van der Waals surface area (Å²) in [6.07, 6.45) is 0. The molecule has 0 radical (unpaired) electrons. The van der Waals surface area contributed by atoms with Crippen LogP contribution in [0.5, 0.6) is 11.5 Å². The van der Waals surface area contributed by atoms with Crippen LogP contribution >= 0.6 is 0 Å². The van der Waals surface area contributed by atoms with E-state index < -0.39 is 28.8 Å². The minimum atomic E-state index is -1.28. The van der Waals surface area contributed by atoms with Gasteiger partial charge >= 0.3 is 0 Å². The van der Waals surface area contributed by atoms with E-state index in [1.165, 1.54) is 32.4 Å². The van der Waals surface area contributed by atoms with Gasteiger partial charge in [-0.15, -0.1) is 0 Å². The van der Waals surface area contributed by atoms with E-state index in [0.717, 1.165) is 0 Å². The van der Waals surface area contributed by atoms with Crippen LogP contribution in [-0.4, -0.2) is 20.0 Å². The van der Waals surface area contributed by atoms with Crippen molar-refractivity contribution in [3.63, 3.8) is 0 Å². The number of carbonyl (C=O) groups excluding carboxylic acids is 1. The van der Waals surface area contributed by atoms with E-state index in [4.69, 9.17) is 9.47 Å². The molecule has 0 saturated carbocycles. The molecule has 2 aromatic carbocycles. The number of hydrogen-bond donors (Lipinski definition) is 0. The molecule has 0 bridgehead atoms. The average molecular weight is 296 g/mol. The van der Waals surface area contributed by atoms with Gasteiger partial charge in [-0.2, -0.15) is 0 Å². The molecule has 3 nitrogen and oxygen atoms in total. The van der Waals surface area contributed by atoms with Crippen LogP contribution in [0.4, 0.5) is 13.2 Å². The Balaban J connectivity index is 2.59. The number of halogens is 3. The summed E-state index contributed by atoms with van der Waals surface area (Å²) >= 11 is 0. The second kappa shape index (κ2) is 5.87. The summed E-state index contributed by atoms with van der Waals surface area (Å²) in [5.74, 6) is -4.16. The van der Waals surface area contributed by atoms with Gasteiger partial charge in [0, 0.05) is 12.1 Å². The first-order chi connectivity index (χ1) is 9.97. The molecule has 0 unspecified atom stereocenters. The maximum absolute atomic E-state index is 13.7. The number of carbonyl (C=O) groups is 1. The van der Waals surface area contributed by atoms with E-state index in [9.17, 15) is 18.0 Å². The minimum absolute atomic E-state index is 0.0822. The first-order valence-electron chi connectivity index (χ1n) is 5.89. The Hall–Kier alpha value is -2.50. The molecule has 2 aromatic rings. The van der Waals surface area contributed by atoms with Crippen LogP contribution in [0.15, 0.2) is 30.3 Å². The fourth-order valence-corrected chi connectivity index (χ4v) is 1.89. The van der Waals surface area contributed by atoms with Gasteiger partial charge in [-0.3, -0.25) is 4.79 Å². The summed E-state index contributed by atoms with van der Waals surface area (Å²) < 4.78 is 50.2. The second-order valence-corrected chi connectivity index (χ2v) is 4.14. The molecular weight excluding hydrogens is 285 g/mol. The zero-order chi connectivity index (χ0) is 15.6. The van der Waals surface area contributed by atoms with Crippen LogP contribution in [0.1, 0.15) is 15.9 Å². The number of hydrogen-bond acceptors (Lipinski definition) is 3. The van der Waals surface area contributed by atoms with Crippen molar-refractivity contribution in [2.24, 2.45) is 0 Å². The third kappa shape index (κ3) is 2.84. The summed E-state index contributed by atoms with van der Waals surface area (Å²) in [4.78, 5) is 12.3. The second-order valence-electron chi connectivity index (χ2n) is 4.14. The number of rotatable bonds is 4. The van der Waals surface area contributed by atoms with Crippen molar-refractivity contribution in [2.45, 2.75) is 0 Å². The van der Waals surface area contributed by atoms with Crippen molar-refractivity contribution >= 4 is 5.78 Å². The molecule has 0 amide bonds. The molecule has 110 valence electrons. The lowest BCUT2D eigenvalue weighted by Crippen LogP contribution is -2.10. The van der Waals surface area contributed by atoms with E-state index >= 15 is 0 Å². The van der Waals surface area contributed by atoms with E-state index in [2.05, 4.69) is 0 Å². The van der Waals surface area contributed by atoms with Gasteiger partial charge in [0.2, 0.25) is 5.78 Å². The first-order valence-corrected chi connectivity index (χ1v) is 5.89. The Labute approximate surface area is 118 Å². The molecule has 0 aliphatic heterocycles. The molecule has 21 heavy (non-hydrogen) atoms. The molecule has 0 aromatic heterocycles. The SMILES string of the molecule is COc1ccc(OC)c(C(=O)c2c(F)cc(F)cc2F)c1. The van der Waals surface area contributed by atoms with E-state index in [1.807, 2.05) is 0 Å². The van der Waals surface area contributed by atoms with Crippen molar-refractivity contribution < 1.29 is 27.4 Å². The van der Waals surface area contributed by atoms with E-state index in [1.54, 1.807) is 0 Å². The maximum Gasteiger partial charge on any atom is 0.202 e. The molecule has 0 saturated heterocycles. The van der Waals surface area contributed by atoms with Crippen molar-refractivity contribution in [1.29, 1.82) is 0 Å². The molecule has 0 fully saturated rings. The Morgan fingerprint density at radius 1 is 0.952 bits per heavy atom. The fourth-order valence-electron chi connectivity index (χ4n) is 1.89. The number of methoxy groups -OCH3 is 2. The summed E-state index contributed by atoms with van der Waals surface area (Å²) in [7, 11) is 2.70. The Kier molecular flexibility index (Phi) is 4.16. The first kappa shape index (κ1) is 14.9. The van der Waals surface area contributed by atoms with Crippen LogP contribution in [0.25, 0.3) is 0 Å². The molecule has 0 N–H and O–H groups in total. The summed E-state index contributed by atoms with van der Waals surface area (Å²) in [6, 6.07) is 5.16. The summed E-state index contributed by atoms with van der Waals surface area (Å²) in [5, 5.41) is 0. The van der Waals surface area contributed by atoms with Crippen molar-refractivity contribution in [3.8, 4) is 11.5 Å². The standard InChI is InChI=1S/C15H11F3O3/c1-20-9-3-4-13(21-2)10(7-9)15(19)14-11(17)5-8(16)6-12(14)18/h3-7H,1-2H3. The lowest BCUT2D eigenvalue weighted by Gasteiger charge is -2.10. The third-order valence-corrected chi connectivity index (χ3v) is 2.89.